The van der Waals surface area contributed by atoms with E-state index < -0.39 is 0 Å². The molecular weight excluding hydrogens is 224 g/mol. The highest BCUT2D eigenvalue weighted by Crippen LogP contribution is 2.32. The van der Waals surface area contributed by atoms with E-state index in [0.29, 0.717) is 0 Å². The quantitative estimate of drug-likeness (QED) is 0.574. The Hall–Kier alpha value is -0.590. The van der Waals surface area contributed by atoms with Gasteiger partial charge in [-0.05, 0) is 51.5 Å². The van der Waals surface area contributed by atoms with Crippen LogP contribution in [-0.2, 0) is 4.74 Å². The van der Waals surface area contributed by atoms with Crippen LogP contribution in [0, 0.1) is 17.2 Å². The number of nitrogens with zero attached hydrogens (tertiary/aromatic N) is 1. The highest BCUT2D eigenvalue weighted by molar-refractivity contribution is 5.03. The van der Waals surface area contributed by atoms with Gasteiger partial charge in [0.2, 0.25) is 0 Å². The molecule has 0 spiro atoms. The van der Waals surface area contributed by atoms with E-state index >= 15 is 0 Å². The van der Waals surface area contributed by atoms with Crippen molar-refractivity contribution < 1.29 is 4.74 Å². The molecule has 1 N–H and O–H groups in total. The molecule has 0 aromatic carbocycles. The molecule has 1 unspecified atom stereocenters. The summed E-state index contributed by atoms with van der Waals surface area (Å²) in [6.07, 6.45) is 8.17. The zero-order valence-corrected chi connectivity index (χ0v) is 12.0. The van der Waals surface area contributed by atoms with Crippen LogP contribution in [0.3, 0.4) is 0 Å². The monoisotopic (exact) mass is 252 g/mol. The topological polar surface area (TPSA) is 45.0 Å². The van der Waals surface area contributed by atoms with Crippen LogP contribution >= 0.6 is 0 Å². The first-order valence-electron chi connectivity index (χ1n) is 7.44. The number of nitrogens with one attached hydrogen (secondary N) is 1. The second-order valence-electron chi connectivity index (χ2n) is 5.67. The zero-order chi connectivity index (χ0) is 13.3. The molecule has 3 nitrogen and oxygen atoms in total. The lowest BCUT2D eigenvalue weighted by Gasteiger charge is -2.22. The van der Waals surface area contributed by atoms with Gasteiger partial charge in [-0.25, -0.2) is 0 Å². The van der Waals surface area contributed by atoms with Gasteiger partial charge in [0, 0.05) is 13.2 Å². The molecule has 0 radical (unpaired) electrons. The minimum Gasteiger partial charge on any atom is -0.381 e. The summed E-state index contributed by atoms with van der Waals surface area (Å²) < 4.78 is 5.61. The number of unbranched alkanes of at least 4 members (excludes halogenated alkanes) is 1. The van der Waals surface area contributed by atoms with Gasteiger partial charge in [-0.1, -0.05) is 19.8 Å². The summed E-state index contributed by atoms with van der Waals surface area (Å²) in [5.74, 6) is 0.963. The lowest BCUT2D eigenvalue weighted by molar-refractivity contribution is 0.123. The second kappa shape index (κ2) is 8.50. The fourth-order valence-electron chi connectivity index (χ4n) is 2.03. The van der Waals surface area contributed by atoms with Crippen molar-refractivity contribution in [1.82, 2.24) is 5.32 Å². The third kappa shape index (κ3) is 6.98. The molecule has 104 valence electrons. The summed E-state index contributed by atoms with van der Waals surface area (Å²) in [6.45, 7) is 6.81. The van der Waals surface area contributed by atoms with Crippen molar-refractivity contribution >= 4 is 0 Å². The Balaban J connectivity index is 1.95. The van der Waals surface area contributed by atoms with E-state index in [-0.39, 0.29) is 5.54 Å². The van der Waals surface area contributed by atoms with Crippen LogP contribution in [-0.4, -0.2) is 25.3 Å². The van der Waals surface area contributed by atoms with Gasteiger partial charge in [0.15, 0.2) is 0 Å². The predicted molar refractivity (Wildman–Crippen MR) is 74.3 cm³/mol. The van der Waals surface area contributed by atoms with Crippen LogP contribution < -0.4 is 5.32 Å². The van der Waals surface area contributed by atoms with Crippen molar-refractivity contribution in [2.75, 3.05) is 19.8 Å². The van der Waals surface area contributed by atoms with Crippen LogP contribution in [0.25, 0.3) is 0 Å². The maximum atomic E-state index is 9.18. The van der Waals surface area contributed by atoms with E-state index in [2.05, 4.69) is 18.3 Å². The fourth-order valence-corrected chi connectivity index (χ4v) is 2.03. The molecule has 1 rings (SSSR count). The molecule has 1 saturated carbocycles. The third-order valence-electron chi connectivity index (χ3n) is 3.59. The van der Waals surface area contributed by atoms with E-state index in [1.165, 1.54) is 19.3 Å². The van der Waals surface area contributed by atoms with Crippen molar-refractivity contribution in [3.05, 3.63) is 0 Å². The zero-order valence-electron chi connectivity index (χ0n) is 12.0. The van der Waals surface area contributed by atoms with Crippen molar-refractivity contribution in [2.24, 2.45) is 5.92 Å². The minimum atomic E-state index is -0.357. The predicted octanol–water partition coefficient (Wildman–Crippen LogP) is 3.26. The first-order valence-corrected chi connectivity index (χ1v) is 7.44. The largest absolute Gasteiger partial charge is 0.381 e. The number of hydrogen-bond acceptors (Lipinski definition) is 3. The lowest BCUT2D eigenvalue weighted by Crippen LogP contribution is -2.41. The minimum absolute atomic E-state index is 0.357. The molecular formula is C15H28N2O. The molecule has 1 atom stereocenters. The molecule has 1 aliphatic rings. The molecule has 1 fully saturated rings. The van der Waals surface area contributed by atoms with Gasteiger partial charge in [-0.15, -0.1) is 0 Å². The first kappa shape index (κ1) is 15.5. The molecule has 3 heteroatoms. The van der Waals surface area contributed by atoms with Gasteiger partial charge in [0.1, 0.15) is 5.54 Å². The molecule has 0 amide bonds. The van der Waals surface area contributed by atoms with Crippen LogP contribution in [0.4, 0.5) is 0 Å². The molecule has 0 aromatic heterocycles. The molecule has 0 bridgehead atoms. The summed E-state index contributed by atoms with van der Waals surface area (Å²) in [6, 6.07) is 2.39. The smallest absolute Gasteiger partial charge is 0.103 e. The maximum Gasteiger partial charge on any atom is 0.103 e. The second-order valence-corrected chi connectivity index (χ2v) is 5.67. The number of ether oxygens (including phenoxy) is 1. The van der Waals surface area contributed by atoms with Crippen molar-refractivity contribution in [3.8, 4) is 6.07 Å². The average molecular weight is 252 g/mol. The normalized spacial score (nSPS) is 18.3. The van der Waals surface area contributed by atoms with Crippen molar-refractivity contribution in [3.63, 3.8) is 0 Å². The molecule has 0 heterocycles. The SMILES string of the molecule is CCCNC(C)(C#N)CCCCOCCC1CC1. The number of rotatable bonds is 11. The van der Waals surface area contributed by atoms with Crippen LogP contribution in [0.15, 0.2) is 0 Å². The van der Waals surface area contributed by atoms with Gasteiger partial charge in [0.05, 0.1) is 6.07 Å². The third-order valence-corrected chi connectivity index (χ3v) is 3.59. The Kier molecular flexibility index (Phi) is 7.31. The molecule has 0 saturated heterocycles. The maximum absolute atomic E-state index is 9.18. The van der Waals surface area contributed by atoms with Crippen LogP contribution in [0.2, 0.25) is 0 Å². The summed E-state index contributed by atoms with van der Waals surface area (Å²) in [4.78, 5) is 0. The highest BCUT2D eigenvalue weighted by atomic mass is 16.5. The highest BCUT2D eigenvalue weighted by Gasteiger charge is 2.22. The molecule has 0 aromatic rings. The van der Waals surface area contributed by atoms with Gasteiger partial charge in [-0.3, -0.25) is 5.32 Å². The molecule has 0 aliphatic heterocycles. The summed E-state index contributed by atoms with van der Waals surface area (Å²) in [5.41, 5.74) is -0.357. The van der Waals surface area contributed by atoms with E-state index in [4.69, 9.17) is 4.74 Å². The fraction of sp³-hybridized carbons (Fsp3) is 0.933. The summed E-state index contributed by atoms with van der Waals surface area (Å²) in [5, 5.41) is 12.5. The Labute approximate surface area is 112 Å². The van der Waals surface area contributed by atoms with Crippen molar-refractivity contribution in [1.29, 1.82) is 5.26 Å². The van der Waals surface area contributed by atoms with E-state index in [1.54, 1.807) is 0 Å². The van der Waals surface area contributed by atoms with E-state index in [0.717, 1.165) is 51.4 Å². The first-order chi connectivity index (χ1) is 8.70. The van der Waals surface area contributed by atoms with E-state index in [1.807, 2.05) is 6.92 Å². The van der Waals surface area contributed by atoms with Crippen LogP contribution in [0.5, 0.6) is 0 Å². The Bertz CT molecular complexity index is 258. The molecule has 1 aliphatic carbocycles. The Morgan fingerprint density at radius 3 is 2.72 bits per heavy atom. The van der Waals surface area contributed by atoms with Gasteiger partial charge >= 0.3 is 0 Å². The summed E-state index contributed by atoms with van der Waals surface area (Å²) >= 11 is 0. The van der Waals surface area contributed by atoms with Gasteiger partial charge in [-0.2, -0.15) is 5.26 Å². The van der Waals surface area contributed by atoms with Gasteiger partial charge in [0.25, 0.3) is 0 Å². The summed E-state index contributed by atoms with van der Waals surface area (Å²) in [7, 11) is 0. The number of nitriles is 1. The van der Waals surface area contributed by atoms with Crippen LogP contribution in [0.1, 0.15) is 58.8 Å². The van der Waals surface area contributed by atoms with Gasteiger partial charge < -0.3 is 4.74 Å². The molecule has 18 heavy (non-hydrogen) atoms. The standard InChI is InChI=1S/C15H28N2O/c1-3-10-17-15(2,13-16)9-4-5-11-18-12-8-14-6-7-14/h14,17H,3-12H2,1-2H3. The lowest BCUT2D eigenvalue weighted by atomic mass is 9.96. The van der Waals surface area contributed by atoms with E-state index in [9.17, 15) is 5.26 Å². The average Bonchev–Trinajstić information content (AvgIpc) is 3.19. The van der Waals surface area contributed by atoms with Crippen molar-refractivity contribution in [2.45, 2.75) is 64.3 Å². The Morgan fingerprint density at radius 1 is 1.33 bits per heavy atom. The Morgan fingerprint density at radius 2 is 2.11 bits per heavy atom. The number of hydrogen-bond donors (Lipinski definition) is 1.